The number of amides is 3. The van der Waals surface area contributed by atoms with E-state index < -0.39 is 43.9 Å². The van der Waals surface area contributed by atoms with Crippen LogP contribution in [0.5, 0.6) is 0 Å². The molecule has 1 aliphatic carbocycles. The number of nitrogens with two attached hydrogens (primary N) is 1. The molecule has 2 aromatic rings. The monoisotopic (exact) mass is 534 g/mol. The number of rotatable bonds is 7. The number of benzene rings is 2. The zero-order valence-corrected chi connectivity index (χ0v) is 21.1. The molecule has 3 N–H and O–H groups in total. The van der Waals surface area contributed by atoms with Gasteiger partial charge in [-0.1, -0.05) is 12.8 Å². The summed E-state index contributed by atoms with van der Waals surface area (Å²) in [6.45, 7) is 1.34. The van der Waals surface area contributed by atoms with E-state index in [9.17, 15) is 31.2 Å². The standard InChI is InChI=1S/C23H26N4O7S2/c1-15(28)25-16-6-10-20(11-7-16)36(33,34)27(18-4-2-3-5-18)21-14-22(29)26(23(21)30)17-8-12-19(13-9-17)35(24,31)32/h6-13,18,21H,2-5,14H2,1H3,(H,25,28)(H2,24,31,32). The van der Waals surface area contributed by atoms with Crippen molar-refractivity contribution in [2.45, 2.75) is 60.9 Å². The highest BCUT2D eigenvalue weighted by molar-refractivity contribution is 7.89. The van der Waals surface area contributed by atoms with Crippen molar-refractivity contribution in [2.75, 3.05) is 10.2 Å². The van der Waals surface area contributed by atoms with Gasteiger partial charge in [-0.25, -0.2) is 26.9 Å². The van der Waals surface area contributed by atoms with Gasteiger partial charge in [0.15, 0.2) is 0 Å². The van der Waals surface area contributed by atoms with Gasteiger partial charge in [0.05, 0.1) is 21.9 Å². The molecule has 2 fully saturated rings. The number of nitrogens with one attached hydrogen (secondary N) is 1. The Morgan fingerprint density at radius 3 is 2.03 bits per heavy atom. The van der Waals surface area contributed by atoms with E-state index in [4.69, 9.17) is 5.14 Å². The average molecular weight is 535 g/mol. The fraction of sp³-hybridized carbons (Fsp3) is 0.348. The van der Waals surface area contributed by atoms with Gasteiger partial charge < -0.3 is 5.32 Å². The van der Waals surface area contributed by atoms with Gasteiger partial charge in [-0.15, -0.1) is 0 Å². The Kier molecular flexibility index (Phi) is 7.01. The van der Waals surface area contributed by atoms with Crippen LogP contribution in [0.2, 0.25) is 0 Å². The normalized spacial score (nSPS) is 19.3. The summed E-state index contributed by atoms with van der Waals surface area (Å²) >= 11 is 0. The van der Waals surface area contributed by atoms with E-state index in [1.165, 1.54) is 55.5 Å². The molecule has 0 spiro atoms. The summed E-state index contributed by atoms with van der Waals surface area (Å²) < 4.78 is 51.8. The van der Waals surface area contributed by atoms with Gasteiger partial charge in [0, 0.05) is 18.7 Å². The van der Waals surface area contributed by atoms with Crippen molar-refractivity contribution in [1.82, 2.24) is 4.31 Å². The van der Waals surface area contributed by atoms with Crippen molar-refractivity contribution < 1.29 is 31.2 Å². The Hall–Kier alpha value is -3.13. The summed E-state index contributed by atoms with van der Waals surface area (Å²) in [5.74, 6) is -1.59. The van der Waals surface area contributed by atoms with Crippen LogP contribution in [0.3, 0.4) is 0 Å². The minimum absolute atomic E-state index is 0.0558. The Labute approximate surface area is 209 Å². The molecule has 36 heavy (non-hydrogen) atoms. The zero-order chi connectivity index (χ0) is 26.3. The van der Waals surface area contributed by atoms with E-state index in [0.29, 0.717) is 18.5 Å². The van der Waals surface area contributed by atoms with Gasteiger partial charge >= 0.3 is 0 Å². The Bertz CT molecular complexity index is 1400. The molecule has 13 heteroatoms. The van der Waals surface area contributed by atoms with Gasteiger partial charge in [-0.2, -0.15) is 4.31 Å². The molecule has 4 rings (SSSR count). The minimum atomic E-state index is -4.18. The van der Waals surface area contributed by atoms with Crippen LogP contribution in [-0.4, -0.2) is 50.9 Å². The number of carbonyl (C=O) groups is 3. The molecule has 1 atom stereocenters. The summed E-state index contributed by atoms with van der Waals surface area (Å²) in [6.07, 6.45) is 2.38. The van der Waals surface area contributed by atoms with Gasteiger partial charge in [-0.3, -0.25) is 14.4 Å². The van der Waals surface area contributed by atoms with Crippen molar-refractivity contribution in [3.8, 4) is 0 Å². The van der Waals surface area contributed by atoms with Crippen molar-refractivity contribution in [2.24, 2.45) is 5.14 Å². The molecule has 0 bridgehead atoms. The number of sulfonamides is 2. The van der Waals surface area contributed by atoms with E-state index in [1.54, 1.807) is 0 Å². The molecule has 1 saturated carbocycles. The van der Waals surface area contributed by atoms with Gasteiger partial charge in [0.2, 0.25) is 31.9 Å². The molecule has 2 aliphatic rings. The molecule has 11 nitrogen and oxygen atoms in total. The van der Waals surface area contributed by atoms with E-state index in [-0.39, 0.29) is 27.8 Å². The fourth-order valence-corrected chi connectivity index (χ4v) is 7.03. The molecule has 0 radical (unpaired) electrons. The molecule has 2 aromatic carbocycles. The third-order valence-electron chi connectivity index (χ3n) is 6.29. The molecule has 3 amide bonds. The number of carbonyl (C=O) groups excluding carboxylic acids is 3. The lowest BCUT2D eigenvalue weighted by Crippen LogP contribution is -2.49. The Morgan fingerprint density at radius 1 is 0.944 bits per heavy atom. The molecule has 1 unspecified atom stereocenters. The average Bonchev–Trinajstić information content (AvgIpc) is 3.42. The van der Waals surface area contributed by atoms with Crippen LogP contribution in [0.15, 0.2) is 58.3 Å². The maximum absolute atomic E-state index is 13.8. The van der Waals surface area contributed by atoms with Crippen LogP contribution in [0.4, 0.5) is 11.4 Å². The summed E-state index contributed by atoms with van der Waals surface area (Å²) in [5, 5.41) is 7.69. The SMILES string of the molecule is CC(=O)Nc1ccc(S(=O)(=O)N(C2CCCC2)C2CC(=O)N(c3ccc(S(N)(=O)=O)cc3)C2=O)cc1. The number of anilines is 2. The van der Waals surface area contributed by atoms with Crippen molar-refractivity contribution >= 4 is 49.1 Å². The molecule has 1 aliphatic heterocycles. The number of imide groups is 1. The van der Waals surface area contributed by atoms with E-state index in [2.05, 4.69) is 5.32 Å². The number of primary sulfonamides is 1. The van der Waals surface area contributed by atoms with Crippen molar-refractivity contribution in [1.29, 1.82) is 0 Å². The molecular formula is C23H26N4O7S2. The highest BCUT2D eigenvalue weighted by Gasteiger charge is 2.49. The lowest BCUT2D eigenvalue weighted by Gasteiger charge is -2.32. The quantitative estimate of drug-likeness (QED) is 0.509. The maximum Gasteiger partial charge on any atom is 0.252 e. The first-order chi connectivity index (χ1) is 16.9. The first-order valence-electron chi connectivity index (χ1n) is 11.3. The first kappa shape index (κ1) is 25.9. The summed E-state index contributed by atoms with van der Waals surface area (Å²) in [6, 6.07) is 8.88. The minimum Gasteiger partial charge on any atom is -0.326 e. The highest BCUT2D eigenvalue weighted by Crippen LogP contribution is 2.36. The smallest absolute Gasteiger partial charge is 0.252 e. The third-order valence-corrected chi connectivity index (χ3v) is 9.19. The van der Waals surface area contributed by atoms with Crippen LogP contribution in [0.25, 0.3) is 0 Å². The van der Waals surface area contributed by atoms with Crippen molar-refractivity contribution in [3.63, 3.8) is 0 Å². The van der Waals surface area contributed by atoms with Gasteiger partial charge in [-0.05, 0) is 61.4 Å². The summed E-state index contributed by atoms with van der Waals surface area (Å²) in [7, 11) is -8.14. The Balaban J connectivity index is 1.68. The summed E-state index contributed by atoms with van der Waals surface area (Å²) in [5.41, 5.74) is 0.554. The zero-order valence-electron chi connectivity index (χ0n) is 19.5. The lowest BCUT2D eigenvalue weighted by molar-refractivity contribution is -0.122. The molecule has 192 valence electrons. The van der Waals surface area contributed by atoms with E-state index >= 15 is 0 Å². The second-order valence-electron chi connectivity index (χ2n) is 8.81. The molecule has 0 aromatic heterocycles. The van der Waals surface area contributed by atoms with E-state index in [1.807, 2.05) is 0 Å². The second-order valence-corrected chi connectivity index (χ2v) is 12.2. The predicted octanol–water partition coefficient (Wildman–Crippen LogP) is 1.56. The fourth-order valence-electron chi connectivity index (χ4n) is 4.68. The van der Waals surface area contributed by atoms with Gasteiger partial charge in [0.1, 0.15) is 6.04 Å². The molecule has 1 heterocycles. The largest absolute Gasteiger partial charge is 0.326 e. The first-order valence-corrected chi connectivity index (χ1v) is 14.3. The predicted molar refractivity (Wildman–Crippen MR) is 131 cm³/mol. The number of hydrogen-bond donors (Lipinski definition) is 2. The van der Waals surface area contributed by atoms with Crippen LogP contribution in [0, 0.1) is 0 Å². The van der Waals surface area contributed by atoms with Crippen molar-refractivity contribution in [3.05, 3.63) is 48.5 Å². The molecule has 1 saturated heterocycles. The topological polar surface area (TPSA) is 164 Å². The van der Waals surface area contributed by atoms with Crippen LogP contribution in [-0.2, 0) is 34.4 Å². The van der Waals surface area contributed by atoms with Crippen LogP contribution >= 0.6 is 0 Å². The third kappa shape index (κ3) is 5.05. The maximum atomic E-state index is 13.8. The lowest BCUT2D eigenvalue weighted by atomic mass is 10.2. The Morgan fingerprint density at radius 2 is 1.50 bits per heavy atom. The van der Waals surface area contributed by atoms with Crippen LogP contribution < -0.4 is 15.4 Å². The highest BCUT2D eigenvalue weighted by atomic mass is 32.2. The second kappa shape index (κ2) is 9.73. The van der Waals surface area contributed by atoms with Gasteiger partial charge in [0.25, 0.3) is 5.91 Å². The summed E-state index contributed by atoms with van der Waals surface area (Å²) in [4.78, 5) is 38.3. The number of nitrogens with zero attached hydrogens (tertiary/aromatic N) is 2. The number of hydrogen-bond acceptors (Lipinski definition) is 7. The van der Waals surface area contributed by atoms with E-state index in [0.717, 1.165) is 22.0 Å². The molecular weight excluding hydrogens is 508 g/mol. The van der Waals surface area contributed by atoms with Crippen LogP contribution in [0.1, 0.15) is 39.0 Å².